The Kier molecular flexibility index (Phi) is 4.13. The summed E-state index contributed by atoms with van der Waals surface area (Å²) in [5.41, 5.74) is -0.783. The van der Waals surface area contributed by atoms with E-state index in [-0.39, 0.29) is 11.4 Å². The summed E-state index contributed by atoms with van der Waals surface area (Å²) in [5.74, 6) is 0.412. The maximum atomic E-state index is 11.0. The fourth-order valence-corrected chi connectivity index (χ4v) is 2.22. The summed E-state index contributed by atoms with van der Waals surface area (Å²) in [4.78, 5) is 20.4. The average Bonchev–Trinajstić information content (AvgIpc) is 2.41. The van der Waals surface area contributed by atoms with E-state index >= 15 is 0 Å². The molecule has 0 N–H and O–H groups in total. The van der Waals surface area contributed by atoms with E-state index in [1.54, 1.807) is 52.9 Å². The Morgan fingerprint density at radius 2 is 1.65 bits per heavy atom. The number of non-ortho nitro benzene ring substituents is 1. The lowest BCUT2D eigenvalue weighted by atomic mass is 10.2. The van der Waals surface area contributed by atoms with Crippen LogP contribution in [-0.2, 0) is 0 Å². The summed E-state index contributed by atoms with van der Waals surface area (Å²) in [6.07, 6.45) is 0. The maximum Gasteiger partial charge on any atom is 0.319 e. The topological polar surface area (TPSA) is 95.5 Å². The van der Waals surface area contributed by atoms with Crippen molar-refractivity contribution in [1.29, 1.82) is 0 Å². The largest absolute Gasteiger partial charge is 0.449 e. The highest BCUT2D eigenvalue weighted by atomic mass is 127. The van der Waals surface area contributed by atoms with Crippen molar-refractivity contribution in [2.75, 3.05) is 0 Å². The van der Waals surface area contributed by atoms with Gasteiger partial charge in [0, 0.05) is 6.07 Å². The Hall–Kier alpha value is -2.23. The summed E-state index contributed by atoms with van der Waals surface area (Å²) in [6, 6.07) is 10.6. The van der Waals surface area contributed by atoms with Crippen LogP contribution < -0.4 is 4.74 Å². The molecule has 0 radical (unpaired) electrons. The van der Waals surface area contributed by atoms with Crippen LogP contribution in [0.3, 0.4) is 0 Å². The molecule has 2 aromatic rings. The molecule has 0 unspecified atom stereocenters. The van der Waals surface area contributed by atoms with Crippen molar-refractivity contribution in [3.8, 4) is 11.5 Å². The smallest absolute Gasteiger partial charge is 0.319 e. The zero-order valence-corrected chi connectivity index (χ0v) is 12.0. The maximum absolute atomic E-state index is 11.0. The first kappa shape index (κ1) is 14.2. The second kappa shape index (κ2) is 5.82. The average molecular weight is 386 g/mol. The zero-order valence-electron chi connectivity index (χ0n) is 9.86. The summed E-state index contributed by atoms with van der Waals surface area (Å²) < 4.78 is 5.76. The van der Waals surface area contributed by atoms with Gasteiger partial charge in [-0.2, -0.15) is 0 Å². The Morgan fingerprint density at radius 3 is 2.20 bits per heavy atom. The first-order valence-electron chi connectivity index (χ1n) is 5.34. The van der Waals surface area contributed by atoms with Crippen molar-refractivity contribution in [2.45, 2.75) is 0 Å². The molecule has 0 aromatic heterocycles. The van der Waals surface area contributed by atoms with Crippen molar-refractivity contribution in [1.82, 2.24) is 0 Å². The number of benzene rings is 2. The number of hydrogen-bond donors (Lipinski definition) is 0. The Bertz CT molecular complexity index is 675. The lowest BCUT2D eigenvalue weighted by molar-refractivity contribution is -0.394. The molecule has 7 nitrogen and oxygen atoms in total. The van der Waals surface area contributed by atoms with Gasteiger partial charge in [0.2, 0.25) is 5.75 Å². The molecule has 0 aliphatic carbocycles. The van der Waals surface area contributed by atoms with Gasteiger partial charge in [-0.25, -0.2) is 0 Å². The molecule has 0 fully saturated rings. The van der Waals surface area contributed by atoms with Gasteiger partial charge in [-0.3, -0.25) is 20.2 Å². The lowest BCUT2D eigenvalue weighted by Crippen LogP contribution is -1.98. The van der Waals surface area contributed by atoms with Crippen LogP contribution >= 0.6 is 22.6 Å². The van der Waals surface area contributed by atoms with Crippen LogP contribution in [0.4, 0.5) is 11.4 Å². The van der Waals surface area contributed by atoms with Gasteiger partial charge in [-0.15, -0.1) is 0 Å². The molecule has 0 spiro atoms. The number of nitro groups is 2. The quantitative estimate of drug-likeness (QED) is 0.451. The molecule has 8 heteroatoms. The molecule has 2 rings (SSSR count). The van der Waals surface area contributed by atoms with Gasteiger partial charge in [0.05, 0.1) is 19.5 Å². The Morgan fingerprint density at radius 1 is 1.00 bits per heavy atom. The van der Waals surface area contributed by atoms with E-state index in [0.717, 1.165) is 6.07 Å². The van der Waals surface area contributed by atoms with Crippen molar-refractivity contribution < 1.29 is 14.6 Å². The fourth-order valence-electron chi connectivity index (χ4n) is 1.51. The molecule has 20 heavy (non-hydrogen) atoms. The first-order valence-corrected chi connectivity index (χ1v) is 6.42. The summed E-state index contributed by atoms with van der Waals surface area (Å²) in [6.45, 7) is 0. The zero-order chi connectivity index (χ0) is 14.7. The SMILES string of the molecule is O=[N+]([O-])c1cc(I)c(Oc2ccccc2)c([N+](=O)[O-])c1. The molecule has 0 atom stereocenters. The van der Waals surface area contributed by atoms with E-state index in [1.165, 1.54) is 6.07 Å². The van der Waals surface area contributed by atoms with Gasteiger partial charge in [0.15, 0.2) is 0 Å². The minimum atomic E-state index is -0.701. The van der Waals surface area contributed by atoms with Crippen LogP contribution in [-0.4, -0.2) is 9.85 Å². The number of hydrogen-bond acceptors (Lipinski definition) is 5. The van der Waals surface area contributed by atoms with E-state index in [1.807, 2.05) is 0 Å². The number of nitro benzene ring substituents is 2. The fraction of sp³-hybridized carbons (Fsp3) is 0. The minimum absolute atomic E-state index is 0.00704. The van der Waals surface area contributed by atoms with Crippen LogP contribution in [0.15, 0.2) is 42.5 Å². The molecule has 102 valence electrons. The Labute approximate surface area is 126 Å². The highest BCUT2D eigenvalue weighted by Crippen LogP contribution is 2.38. The third-order valence-electron chi connectivity index (χ3n) is 2.38. The molecule has 2 aromatic carbocycles. The van der Waals surface area contributed by atoms with E-state index < -0.39 is 15.5 Å². The summed E-state index contributed by atoms with van der Waals surface area (Å²) in [5, 5.41) is 21.8. The molecular formula is C12H7IN2O5. The molecule has 0 bridgehead atoms. The molecule has 0 saturated carbocycles. The highest BCUT2D eigenvalue weighted by molar-refractivity contribution is 14.1. The third-order valence-corrected chi connectivity index (χ3v) is 3.18. The lowest BCUT2D eigenvalue weighted by Gasteiger charge is -2.08. The molecule has 0 saturated heterocycles. The van der Waals surface area contributed by atoms with E-state index in [9.17, 15) is 20.2 Å². The predicted molar refractivity (Wildman–Crippen MR) is 79.0 cm³/mol. The van der Waals surface area contributed by atoms with E-state index in [0.29, 0.717) is 9.32 Å². The van der Waals surface area contributed by atoms with Crippen LogP contribution in [0.2, 0.25) is 0 Å². The molecular weight excluding hydrogens is 379 g/mol. The summed E-state index contributed by atoms with van der Waals surface area (Å²) >= 11 is 1.77. The number of halogens is 1. The van der Waals surface area contributed by atoms with Gasteiger partial charge < -0.3 is 4.74 Å². The monoisotopic (exact) mass is 386 g/mol. The van der Waals surface area contributed by atoms with Crippen molar-refractivity contribution in [2.24, 2.45) is 0 Å². The normalized spacial score (nSPS) is 10.1. The van der Waals surface area contributed by atoms with Crippen LogP contribution in [0.1, 0.15) is 0 Å². The Balaban J connectivity index is 2.51. The second-order valence-corrected chi connectivity index (χ2v) is 4.87. The van der Waals surface area contributed by atoms with Crippen molar-refractivity contribution in [3.63, 3.8) is 0 Å². The standard InChI is InChI=1S/C12H7IN2O5/c13-10-6-8(14(16)17)7-11(15(18)19)12(10)20-9-4-2-1-3-5-9/h1-7H. The predicted octanol–water partition coefficient (Wildman–Crippen LogP) is 3.90. The van der Waals surface area contributed by atoms with Gasteiger partial charge >= 0.3 is 5.69 Å². The highest BCUT2D eigenvalue weighted by Gasteiger charge is 2.25. The molecule has 0 amide bonds. The van der Waals surface area contributed by atoms with E-state index in [4.69, 9.17) is 4.74 Å². The number of ether oxygens (including phenoxy) is 1. The van der Waals surface area contributed by atoms with Crippen molar-refractivity contribution >= 4 is 34.0 Å². The number of rotatable bonds is 4. The van der Waals surface area contributed by atoms with E-state index in [2.05, 4.69) is 0 Å². The first-order chi connectivity index (χ1) is 9.49. The minimum Gasteiger partial charge on any atom is -0.449 e. The van der Waals surface area contributed by atoms with Gasteiger partial charge in [-0.1, -0.05) is 18.2 Å². The third kappa shape index (κ3) is 3.02. The molecule has 0 heterocycles. The van der Waals surface area contributed by atoms with Gasteiger partial charge in [-0.05, 0) is 34.7 Å². The number of para-hydroxylation sites is 1. The van der Waals surface area contributed by atoms with Crippen LogP contribution in [0, 0.1) is 23.8 Å². The summed E-state index contributed by atoms with van der Waals surface area (Å²) in [7, 11) is 0. The van der Waals surface area contributed by atoms with Crippen LogP contribution in [0.5, 0.6) is 11.5 Å². The molecule has 0 aliphatic rings. The number of nitrogens with zero attached hydrogens (tertiary/aromatic N) is 2. The van der Waals surface area contributed by atoms with Gasteiger partial charge in [0.1, 0.15) is 5.75 Å². The second-order valence-electron chi connectivity index (χ2n) is 3.71. The van der Waals surface area contributed by atoms with Crippen LogP contribution in [0.25, 0.3) is 0 Å². The van der Waals surface area contributed by atoms with Crippen molar-refractivity contribution in [3.05, 3.63) is 66.3 Å². The van der Waals surface area contributed by atoms with Gasteiger partial charge in [0.25, 0.3) is 5.69 Å². The molecule has 0 aliphatic heterocycles.